The smallest absolute Gasteiger partial charge is 0.273 e. The van der Waals surface area contributed by atoms with Crippen molar-refractivity contribution in [2.24, 2.45) is 5.10 Å². The zero-order valence-corrected chi connectivity index (χ0v) is 17.2. The topological polar surface area (TPSA) is 93.1 Å². The molecule has 1 N–H and O–H groups in total. The molecular weight excluding hydrogens is 408 g/mol. The molecule has 1 aromatic heterocycles. The summed E-state index contributed by atoms with van der Waals surface area (Å²) in [6.45, 7) is 0.766. The first-order valence-corrected chi connectivity index (χ1v) is 10.3. The second-order valence-corrected chi connectivity index (χ2v) is 7.41. The lowest BCUT2D eigenvalue weighted by molar-refractivity contribution is 0.0751. The van der Waals surface area contributed by atoms with E-state index in [9.17, 15) is 9.59 Å². The molecule has 0 bridgehead atoms. The second kappa shape index (κ2) is 8.50. The van der Waals surface area contributed by atoms with Crippen LogP contribution in [0.15, 0.2) is 72.1 Å². The van der Waals surface area contributed by atoms with Gasteiger partial charge < -0.3 is 14.8 Å². The molecule has 0 unspecified atom stereocenters. The summed E-state index contributed by atoms with van der Waals surface area (Å²) < 4.78 is 10.8. The Hall–Kier alpha value is -4.20. The molecule has 8 heteroatoms. The molecule has 0 fully saturated rings. The van der Waals surface area contributed by atoms with Crippen LogP contribution in [-0.2, 0) is 0 Å². The molecule has 8 nitrogen and oxygen atoms in total. The van der Waals surface area contributed by atoms with Crippen molar-refractivity contribution >= 4 is 23.2 Å². The highest BCUT2D eigenvalue weighted by molar-refractivity contribution is 6.05. The number of rotatable bonds is 4. The Balaban J connectivity index is 1.29. The number of hydrazone groups is 1. The minimum atomic E-state index is -0.236. The fourth-order valence-corrected chi connectivity index (χ4v) is 3.62. The molecule has 3 aromatic rings. The van der Waals surface area contributed by atoms with E-state index in [1.165, 1.54) is 5.01 Å². The first-order valence-electron chi connectivity index (χ1n) is 10.3. The van der Waals surface area contributed by atoms with Crippen LogP contribution in [0.5, 0.6) is 11.5 Å². The van der Waals surface area contributed by atoms with Crippen LogP contribution in [0.2, 0.25) is 0 Å². The van der Waals surface area contributed by atoms with E-state index in [0.717, 1.165) is 24.1 Å². The van der Waals surface area contributed by atoms with Gasteiger partial charge in [-0.1, -0.05) is 0 Å². The van der Waals surface area contributed by atoms with Gasteiger partial charge in [-0.25, -0.2) is 5.01 Å². The molecule has 0 saturated heterocycles. The van der Waals surface area contributed by atoms with Crippen molar-refractivity contribution in [3.63, 3.8) is 0 Å². The molecule has 32 heavy (non-hydrogen) atoms. The van der Waals surface area contributed by atoms with Crippen LogP contribution in [0.3, 0.4) is 0 Å². The maximum Gasteiger partial charge on any atom is 0.273 e. The quantitative estimate of drug-likeness (QED) is 0.684. The van der Waals surface area contributed by atoms with Crippen molar-refractivity contribution in [1.29, 1.82) is 0 Å². The van der Waals surface area contributed by atoms with Crippen LogP contribution in [0.25, 0.3) is 0 Å². The van der Waals surface area contributed by atoms with Crippen LogP contribution in [0.1, 0.15) is 39.1 Å². The zero-order valence-electron chi connectivity index (χ0n) is 17.2. The third kappa shape index (κ3) is 4.02. The summed E-state index contributed by atoms with van der Waals surface area (Å²) >= 11 is 0. The number of anilines is 1. The monoisotopic (exact) mass is 428 g/mol. The van der Waals surface area contributed by atoms with E-state index in [2.05, 4.69) is 15.4 Å². The van der Waals surface area contributed by atoms with Gasteiger partial charge in [0.15, 0.2) is 11.5 Å². The van der Waals surface area contributed by atoms with Crippen molar-refractivity contribution in [3.8, 4) is 11.5 Å². The number of hydrogen-bond acceptors (Lipinski definition) is 6. The van der Waals surface area contributed by atoms with Crippen molar-refractivity contribution in [1.82, 2.24) is 9.99 Å². The van der Waals surface area contributed by atoms with Crippen LogP contribution >= 0.6 is 0 Å². The third-order valence-corrected chi connectivity index (χ3v) is 5.30. The Bertz CT molecular complexity index is 1190. The summed E-state index contributed by atoms with van der Waals surface area (Å²) in [5.41, 5.74) is 3.37. The predicted molar refractivity (Wildman–Crippen MR) is 118 cm³/mol. The summed E-state index contributed by atoms with van der Waals surface area (Å²) in [5, 5.41) is 8.90. The second-order valence-electron chi connectivity index (χ2n) is 7.41. The molecule has 0 saturated carbocycles. The summed E-state index contributed by atoms with van der Waals surface area (Å²) in [5.74, 6) is 0.989. The molecule has 2 aliphatic heterocycles. The Morgan fingerprint density at radius 1 is 0.906 bits per heavy atom. The summed E-state index contributed by atoms with van der Waals surface area (Å²) in [6.07, 6.45) is 4.73. The summed E-state index contributed by atoms with van der Waals surface area (Å²) in [4.78, 5) is 29.2. The van der Waals surface area contributed by atoms with Crippen LogP contribution in [0, 0.1) is 0 Å². The number of nitrogens with zero attached hydrogens (tertiary/aromatic N) is 3. The first kappa shape index (κ1) is 19.7. The van der Waals surface area contributed by atoms with Gasteiger partial charge in [0.1, 0.15) is 0 Å². The molecule has 0 aliphatic carbocycles. The van der Waals surface area contributed by atoms with Gasteiger partial charge in [0.2, 0.25) is 6.79 Å². The lowest BCUT2D eigenvalue weighted by Crippen LogP contribution is -2.32. The Morgan fingerprint density at radius 2 is 1.69 bits per heavy atom. The van der Waals surface area contributed by atoms with Gasteiger partial charge in [-0.2, -0.15) is 5.10 Å². The Morgan fingerprint density at radius 3 is 2.50 bits per heavy atom. The number of nitrogens with one attached hydrogen (secondary N) is 1. The van der Waals surface area contributed by atoms with Crippen LogP contribution in [0.4, 0.5) is 5.69 Å². The third-order valence-electron chi connectivity index (χ3n) is 5.30. The van der Waals surface area contributed by atoms with Gasteiger partial charge in [-0.3, -0.25) is 14.6 Å². The SMILES string of the molecule is O=C(Nc1ccc(C(=O)N2CCCC(c3ccc4c(c3)OCO4)=N2)cc1)c1ccncc1. The van der Waals surface area contributed by atoms with Gasteiger partial charge in [0, 0.05) is 41.3 Å². The molecule has 2 amide bonds. The van der Waals surface area contributed by atoms with Gasteiger partial charge in [-0.05, 0) is 67.4 Å². The minimum Gasteiger partial charge on any atom is -0.454 e. The number of amides is 2. The van der Waals surface area contributed by atoms with Crippen LogP contribution in [-0.4, -0.2) is 40.9 Å². The van der Waals surface area contributed by atoms with Crippen molar-refractivity contribution in [2.45, 2.75) is 12.8 Å². The number of carbonyl (C=O) groups is 2. The van der Waals surface area contributed by atoms with E-state index >= 15 is 0 Å². The molecule has 0 spiro atoms. The van der Waals surface area contributed by atoms with E-state index < -0.39 is 0 Å². The maximum atomic E-state index is 13.0. The minimum absolute atomic E-state index is 0.185. The van der Waals surface area contributed by atoms with E-state index in [1.54, 1.807) is 48.8 Å². The number of fused-ring (bicyclic) bond motifs is 1. The van der Waals surface area contributed by atoms with E-state index in [1.807, 2.05) is 18.2 Å². The van der Waals surface area contributed by atoms with Gasteiger partial charge >= 0.3 is 0 Å². The Labute approximate surface area is 184 Å². The average molecular weight is 428 g/mol. The molecule has 2 aliphatic rings. The number of pyridine rings is 1. The van der Waals surface area contributed by atoms with Crippen molar-refractivity contribution in [3.05, 3.63) is 83.7 Å². The fourth-order valence-electron chi connectivity index (χ4n) is 3.62. The average Bonchev–Trinajstić information content (AvgIpc) is 3.33. The number of ether oxygens (including phenoxy) is 2. The van der Waals surface area contributed by atoms with Crippen molar-refractivity contribution in [2.75, 3.05) is 18.7 Å². The number of aromatic nitrogens is 1. The molecule has 3 heterocycles. The van der Waals surface area contributed by atoms with Gasteiger partial charge in [0.05, 0.1) is 5.71 Å². The highest BCUT2D eigenvalue weighted by Gasteiger charge is 2.22. The van der Waals surface area contributed by atoms with Gasteiger partial charge in [-0.15, -0.1) is 0 Å². The standard InChI is InChI=1S/C24H20N4O4/c29-23(16-9-11-25-12-10-16)26-19-6-3-17(4-7-19)24(30)28-13-1-2-20(27-28)18-5-8-21-22(14-18)32-15-31-21/h3-12,14H,1-2,13,15H2,(H,26,29). The summed E-state index contributed by atoms with van der Waals surface area (Å²) in [7, 11) is 0. The molecular formula is C24H20N4O4. The maximum absolute atomic E-state index is 13.0. The number of benzene rings is 2. The lowest BCUT2D eigenvalue weighted by atomic mass is 10.0. The fraction of sp³-hybridized carbons (Fsp3) is 0.167. The predicted octanol–water partition coefficient (Wildman–Crippen LogP) is 3.70. The first-order chi connectivity index (χ1) is 15.7. The van der Waals surface area contributed by atoms with E-state index in [-0.39, 0.29) is 18.6 Å². The zero-order chi connectivity index (χ0) is 21.9. The highest BCUT2D eigenvalue weighted by Crippen LogP contribution is 2.33. The molecule has 5 rings (SSSR count). The Kier molecular flexibility index (Phi) is 5.25. The van der Waals surface area contributed by atoms with Gasteiger partial charge in [0.25, 0.3) is 11.8 Å². The number of carbonyl (C=O) groups excluding carboxylic acids is 2. The normalized spacial score (nSPS) is 14.6. The van der Waals surface area contributed by atoms with E-state index in [4.69, 9.17) is 9.47 Å². The van der Waals surface area contributed by atoms with E-state index in [0.29, 0.717) is 34.9 Å². The van der Waals surface area contributed by atoms with Crippen molar-refractivity contribution < 1.29 is 19.1 Å². The molecule has 160 valence electrons. The molecule has 2 aromatic carbocycles. The highest BCUT2D eigenvalue weighted by atomic mass is 16.7. The number of hydrogen-bond donors (Lipinski definition) is 1. The lowest BCUT2D eigenvalue weighted by Gasteiger charge is -2.24. The van der Waals surface area contributed by atoms with Crippen LogP contribution < -0.4 is 14.8 Å². The molecule has 0 atom stereocenters. The largest absolute Gasteiger partial charge is 0.454 e. The summed E-state index contributed by atoms with van der Waals surface area (Å²) in [6, 6.07) is 15.8. The molecule has 0 radical (unpaired) electrons.